The standard InChI is InChI=1S/C22H24N2O5S/c1-4-29-22(28)19-15(10-13(2)3)12-30-21(19)23-20(27)14-6-5-7-16(11-14)24-17(25)8-9-18(24)26/h5-7,11-13H,4,8-10H2,1-3H3,(H,23,27). The minimum atomic E-state index is -0.466. The summed E-state index contributed by atoms with van der Waals surface area (Å²) in [6.07, 6.45) is 1.03. The number of thiophene rings is 1. The van der Waals surface area contributed by atoms with Gasteiger partial charge in [0.15, 0.2) is 0 Å². The number of rotatable bonds is 7. The van der Waals surface area contributed by atoms with Gasteiger partial charge in [0.1, 0.15) is 5.00 Å². The Bertz CT molecular complexity index is 979. The van der Waals surface area contributed by atoms with Gasteiger partial charge in [0.25, 0.3) is 5.91 Å². The first-order valence-electron chi connectivity index (χ1n) is 9.86. The van der Waals surface area contributed by atoms with Crippen molar-refractivity contribution < 1.29 is 23.9 Å². The van der Waals surface area contributed by atoms with Crippen LogP contribution in [0.25, 0.3) is 0 Å². The Morgan fingerprint density at radius 3 is 2.53 bits per heavy atom. The molecular weight excluding hydrogens is 404 g/mol. The normalized spacial score (nSPS) is 13.8. The average molecular weight is 429 g/mol. The molecule has 1 aromatic heterocycles. The molecule has 1 fully saturated rings. The molecule has 1 aromatic carbocycles. The van der Waals surface area contributed by atoms with Gasteiger partial charge in [0, 0.05) is 18.4 Å². The summed E-state index contributed by atoms with van der Waals surface area (Å²) in [7, 11) is 0. The molecule has 0 saturated carbocycles. The molecule has 0 atom stereocenters. The monoisotopic (exact) mass is 428 g/mol. The van der Waals surface area contributed by atoms with Gasteiger partial charge in [-0.25, -0.2) is 4.79 Å². The van der Waals surface area contributed by atoms with Gasteiger partial charge in [0.2, 0.25) is 11.8 Å². The molecule has 1 N–H and O–H groups in total. The van der Waals surface area contributed by atoms with E-state index in [-0.39, 0.29) is 36.8 Å². The van der Waals surface area contributed by atoms with Crippen LogP contribution in [0, 0.1) is 5.92 Å². The van der Waals surface area contributed by atoms with E-state index in [1.165, 1.54) is 17.4 Å². The third-order valence-electron chi connectivity index (χ3n) is 4.62. The lowest BCUT2D eigenvalue weighted by molar-refractivity contribution is -0.121. The fourth-order valence-corrected chi connectivity index (χ4v) is 4.29. The number of hydrogen-bond donors (Lipinski definition) is 1. The van der Waals surface area contributed by atoms with E-state index in [2.05, 4.69) is 19.2 Å². The molecule has 0 aliphatic carbocycles. The second-order valence-corrected chi connectivity index (χ2v) is 8.29. The average Bonchev–Trinajstić information content (AvgIpc) is 3.24. The summed E-state index contributed by atoms with van der Waals surface area (Å²) in [5.41, 5.74) is 1.87. The lowest BCUT2D eigenvalue weighted by Crippen LogP contribution is -2.28. The molecular formula is C22H24N2O5S. The van der Waals surface area contributed by atoms with E-state index in [1.807, 2.05) is 5.38 Å². The Balaban J connectivity index is 1.87. The van der Waals surface area contributed by atoms with Crippen LogP contribution in [0.4, 0.5) is 10.7 Å². The number of anilines is 2. The molecule has 0 spiro atoms. The summed E-state index contributed by atoms with van der Waals surface area (Å²) in [4.78, 5) is 50.4. The summed E-state index contributed by atoms with van der Waals surface area (Å²) in [6.45, 7) is 6.08. The van der Waals surface area contributed by atoms with Crippen LogP contribution in [0.2, 0.25) is 0 Å². The number of hydrogen-bond acceptors (Lipinski definition) is 6. The smallest absolute Gasteiger partial charge is 0.341 e. The molecule has 2 heterocycles. The third kappa shape index (κ3) is 4.59. The Kier molecular flexibility index (Phi) is 6.66. The maximum atomic E-state index is 12.9. The molecule has 1 aliphatic heterocycles. The second kappa shape index (κ2) is 9.21. The number of imide groups is 1. The van der Waals surface area contributed by atoms with Crippen molar-refractivity contribution in [3.63, 3.8) is 0 Å². The lowest BCUT2D eigenvalue weighted by Gasteiger charge is -2.15. The van der Waals surface area contributed by atoms with Crippen molar-refractivity contribution >= 4 is 45.7 Å². The zero-order chi connectivity index (χ0) is 21.8. The summed E-state index contributed by atoms with van der Waals surface area (Å²) in [6, 6.07) is 6.33. The third-order valence-corrected chi connectivity index (χ3v) is 5.56. The number of carbonyl (C=O) groups excluding carboxylic acids is 4. The van der Waals surface area contributed by atoms with Gasteiger partial charge < -0.3 is 10.1 Å². The van der Waals surface area contributed by atoms with Crippen LogP contribution in [-0.4, -0.2) is 30.3 Å². The fraction of sp³-hybridized carbons (Fsp3) is 0.364. The fourth-order valence-electron chi connectivity index (χ4n) is 3.33. The van der Waals surface area contributed by atoms with Crippen LogP contribution >= 0.6 is 11.3 Å². The lowest BCUT2D eigenvalue weighted by atomic mass is 10.0. The molecule has 3 rings (SSSR count). The summed E-state index contributed by atoms with van der Waals surface area (Å²) in [5.74, 6) is -1.12. The van der Waals surface area contributed by atoms with Crippen molar-refractivity contribution in [3.05, 3.63) is 46.3 Å². The molecule has 158 valence electrons. The van der Waals surface area contributed by atoms with Gasteiger partial charge >= 0.3 is 5.97 Å². The maximum Gasteiger partial charge on any atom is 0.341 e. The highest BCUT2D eigenvalue weighted by Crippen LogP contribution is 2.32. The molecule has 3 amide bonds. The highest BCUT2D eigenvalue weighted by Gasteiger charge is 2.30. The largest absolute Gasteiger partial charge is 0.462 e. The van der Waals surface area contributed by atoms with Gasteiger partial charge in [-0.15, -0.1) is 11.3 Å². The van der Waals surface area contributed by atoms with Gasteiger partial charge in [-0.2, -0.15) is 0 Å². The number of amides is 3. The number of ether oxygens (including phenoxy) is 1. The van der Waals surface area contributed by atoms with E-state index in [0.717, 1.165) is 10.5 Å². The summed E-state index contributed by atoms with van der Waals surface area (Å²) in [5, 5.41) is 5.08. The molecule has 1 aliphatic rings. The van der Waals surface area contributed by atoms with Gasteiger partial charge in [-0.1, -0.05) is 19.9 Å². The van der Waals surface area contributed by atoms with Crippen LogP contribution in [0.3, 0.4) is 0 Å². The van der Waals surface area contributed by atoms with Crippen LogP contribution in [0.1, 0.15) is 59.9 Å². The molecule has 2 aromatic rings. The zero-order valence-electron chi connectivity index (χ0n) is 17.2. The van der Waals surface area contributed by atoms with Gasteiger partial charge in [0.05, 0.1) is 17.9 Å². The predicted octanol–water partition coefficient (Wildman–Crippen LogP) is 4.03. The predicted molar refractivity (Wildman–Crippen MR) is 115 cm³/mol. The SMILES string of the molecule is CCOC(=O)c1c(CC(C)C)csc1NC(=O)c1cccc(N2C(=O)CCC2=O)c1. The molecule has 8 heteroatoms. The Morgan fingerprint density at radius 1 is 1.20 bits per heavy atom. The topological polar surface area (TPSA) is 92.8 Å². The van der Waals surface area contributed by atoms with Crippen LogP contribution < -0.4 is 10.2 Å². The molecule has 0 radical (unpaired) electrons. The van der Waals surface area contributed by atoms with Crippen molar-refractivity contribution in [3.8, 4) is 0 Å². The Morgan fingerprint density at radius 2 is 1.90 bits per heavy atom. The number of esters is 1. The number of nitrogens with zero attached hydrogens (tertiary/aromatic N) is 1. The molecule has 0 bridgehead atoms. The van der Waals surface area contributed by atoms with Crippen molar-refractivity contribution in [2.75, 3.05) is 16.8 Å². The van der Waals surface area contributed by atoms with Crippen molar-refractivity contribution in [1.82, 2.24) is 0 Å². The number of nitrogens with one attached hydrogen (secondary N) is 1. The Labute approximate surface area is 179 Å². The molecule has 1 saturated heterocycles. The molecule has 30 heavy (non-hydrogen) atoms. The summed E-state index contributed by atoms with van der Waals surface area (Å²) >= 11 is 1.27. The van der Waals surface area contributed by atoms with Crippen LogP contribution in [0.5, 0.6) is 0 Å². The van der Waals surface area contributed by atoms with Crippen molar-refractivity contribution in [1.29, 1.82) is 0 Å². The highest BCUT2D eigenvalue weighted by atomic mass is 32.1. The first kappa shape index (κ1) is 21.7. The number of carbonyl (C=O) groups is 4. The highest BCUT2D eigenvalue weighted by molar-refractivity contribution is 7.15. The Hall–Kier alpha value is -3.00. The first-order chi connectivity index (χ1) is 14.3. The van der Waals surface area contributed by atoms with Gasteiger partial charge in [-0.05, 0) is 48.4 Å². The summed E-state index contributed by atoms with van der Waals surface area (Å²) < 4.78 is 5.18. The maximum absolute atomic E-state index is 12.9. The zero-order valence-corrected chi connectivity index (χ0v) is 18.0. The number of benzene rings is 1. The minimum absolute atomic E-state index is 0.173. The van der Waals surface area contributed by atoms with E-state index in [0.29, 0.717) is 28.6 Å². The van der Waals surface area contributed by atoms with E-state index < -0.39 is 11.9 Å². The van der Waals surface area contributed by atoms with E-state index in [1.54, 1.807) is 25.1 Å². The van der Waals surface area contributed by atoms with E-state index in [4.69, 9.17) is 4.74 Å². The quantitative estimate of drug-likeness (QED) is 0.531. The van der Waals surface area contributed by atoms with Crippen molar-refractivity contribution in [2.45, 2.75) is 40.0 Å². The van der Waals surface area contributed by atoms with Gasteiger partial charge in [-0.3, -0.25) is 19.3 Å². The van der Waals surface area contributed by atoms with E-state index >= 15 is 0 Å². The molecule has 7 nitrogen and oxygen atoms in total. The van der Waals surface area contributed by atoms with Crippen LogP contribution in [0.15, 0.2) is 29.6 Å². The van der Waals surface area contributed by atoms with Crippen molar-refractivity contribution in [2.24, 2.45) is 5.92 Å². The molecule has 0 unspecified atom stereocenters. The minimum Gasteiger partial charge on any atom is -0.462 e. The first-order valence-corrected chi connectivity index (χ1v) is 10.7. The van der Waals surface area contributed by atoms with Crippen LogP contribution in [-0.2, 0) is 20.7 Å². The second-order valence-electron chi connectivity index (χ2n) is 7.41. The van der Waals surface area contributed by atoms with E-state index in [9.17, 15) is 19.2 Å².